The highest BCUT2D eigenvalue weighted by molar-refractivity contribution is 7.98. The summed E-state index contributed by atoms with van der Waals surface area (Å²) in [5, 5.41) is 3.29. The first-order valence-electron chi connectivity index (χ1n) is 7.22. The highest BCUT2D eigenvalue weighted by Crippen LogP contribution is 2.18. The van der Waals surface area contributed by atoms with Gasteiger partial charge in [-0.05, 0) is 50.3 Å². The lowest BCUT2D eigenvalue weighted by Gasteiger charge is -2.15. The van der Waals surface area contributed by atoms with E-state index in [1.165, 1.54) is 0 Å². The van der Waals surface area contributed by atoms with E-state index < -0.39 is 10.0 Å². The van der Waals surface area contributed by atoms with Gasteiger partial charge in [-0.2, -0.15) is 11.8 Å². The SMILES string of the molecule is CCCNCc1ccc(C)c(S(=O)(=O)NC(C)CSC)c1. The van der Waals surface area contributed by atoms with Crippen molar-refractivity contribution in [3.05, 3.63) is 29.3 Å². The number of nitrogens with one attached hydrogen (secondary N) is 2. The van der Waals surface area contributed by atoms with Crippen LogP contribution in [0.3, 0.4) is 0 Å². The molecule has 0 aliphatic heterocycles. The molecule has 0 fully saturated rings. The molecule has 0 saturated carbocycles. The molecule has 1 atom stereocenters. The Balaban J connectivity index is 2.91. The van der Waals surface area contributed by atoms with Crippen molar-refractivity contribution in [1.82, 2.24) is 10.0 Å². The Morgan fingerprint density at radius 3 is 2.67 bits per heavy atom. The van der Waals surface area contributed by atoms with Gasteiger partial charge in [-0.25, -0.2) is 13.1 Å². The maximum absolute atomic E-state index is 12.5. The lowest BCUT2D eigenvalue weighted by atomic mass is 10.1. The van der Waals surface area contributed by atoms with Gasteiger partial charge < -0.3 is 5.32 Å². The summed E-state index contributed by atoms with van der Waals surface area (Å²) in [4.78, 5) is 0.381. The van der Waals surface area contributed by atoms with Crippen LogP contribution in [-0.2, 0) is 16.6 Å². The van der Waals surface area contributed by atoms with Gasteiger partial charge in [-0.15, -0.1) is 0 Å². The molecule has 0 aromatic heterocycles. The van der Waals surface area contributed by atoms with Crippen LogP contribution in [0, 0.1) is 6.92 Å². The minimum Gasteiger partial charge on any atom is -0.313 e. The average molecular weight is 331 g/mol. The lowest BCUT2D eigenvalue weighted by molar-refractivity contribution is 0.570. The van der Waals surface area contributed by atoms with E-state index in [0.717, 1.165) is 29.8 Å². The van der Waals surface area contributed by atoms with Gasteiger partial charge in [0.25, 0.3) is 0 Å². The minimum absolute atomic E-state index is 0.0775. The summed E-state index contributed by atoms with van der Waals surface area (Å²) in [6.07, 6.45) is 3.03. The molecule has 2 N–H and O–H groups in total. The van der Waals surface area contributed by atoms with Gasteiger partial charge in [-0.1, -0.05) is 19.1 Å². The van der Waals surface area contributed by atoms with Gasteiger partial charge in [0, 0.05) is 18.3 Å². The van der Waals surface area contributed by atoms with E-state index in [4.69, 9.17) is 0 Å². The second kappa shape index (κ2) is 8.78. The van der Waals surface area contributed by atoms with Crippen molar-refractivity contribution in [3.63, 3.8) is 0 Å². The number of aryl methyl sites for hydroxylation is 1. The maximum Gasteiger partial charge on any atom is 0.241 e. The first kappa shape index (κ1) is 18.5. The van der Waals surface area contributed by atoms with Crippen molar-refractivity contribution in [2.75, 3.05) is 18.6 Å². The molecular weight excluding hydrogens is 304 g/mol. The summed E-state index contributed by atoms with van der Waals surface area (Å²) in [5.41, 5.74) is 1.77. The minimum atomic E-state index is -3.46. The number of rotatable bonds is 9. The summed E-state index contributed by atoms with van der Waals surface area (Å²) in [6, 6.07) is 5.54. The fourth-order valence-corrected chi connectivity index (χ4v) is 4.29. The third-order valence-electron chi connectivity index (χ3n) is 3.07. The molecule has 0 bridgehead atoms. The molecule has 0 saturated heterocycles. The number of thioether (sulfide) groups is 1. The fourth-order valence-electron chi connectivity index (χ4n) is 2.07. The Morgan fingerprint density at radius 1 is 1.33 bits per heavy atom. The van der Waals surface area contributed by atoms with Crippen LogP contribution in [-0.4, -0.2) is 33.0 Å². The molecule has 1 rings (SSSR count). The van der Waals surface area contributed by atoms with Crippen molar-refractivity contribution >= 4 is 21.8 Å². The summed E-state index contributed by atoms with van der Waals surface area (Å²) in [5.74, 6) is 0.760. The van der Waals surface area contributed by atoms with Crippen LogP contribution >= 0.6 is 11.8 Å². The second-order valence-electron chi connectivity index (χ2n) is 5.25. The molecule has 4 nitrogen and oxygen atoms in total. The molecule has 1 aromatic rings. The largest absolute Gasteiger partial charge is 0.313 e. The van der Waals surface area contributed by atoms with Crippen LogP contribution in [0.4, 0.5) is 0 Å². The molecule has 0 spiro atoms. The Bertz CT molecular complexity index is 545. The molecule has 6 heteroatoms. The summed E-state index contributed by atoms with van der Waals surface area (Å²) < 4.78 is 27.7. The topological polar surface area (TPSA) is 58.2 Å². The highest BCUT2D eigenvalue weighted by atomic mass is 32.2. The fraction of sp³-hybridized carbons (Fsp3) is 0.600. The monoisotopic (exact) mass is 330 g/mol. The Labute approximate surface area is 133 Å². The molecule has 1 aromatic carbocycles. The second-order valence-corrected chi connectivity index (χ2v) is 7.85. The number of sulfonamides is 1. The van der Waals surface area contributed by atoms with Crippen molar-refractivity contribution in [1.29, 1.82) is 0 Å². The first-order valence-corrected chi connectivity index (χ1v) is 10.1. The quantitative estimate of drug-likeness (QED) is 0.683. The van der Waals surface area contributed by atoms with E-state index in [1.807, 2.05) is 32.2 Å². The third kappa shape index (κ3) is 5.98. The van der Waals surface area contributed by atoms with Gasteiger partial charge in [-0.3, -0.25) is 0 Å². The van der Waals surface area contributed by atoms with Gasteiger partial charge in [0.05, 0.1) is 4.90 Å². The molecule has 120 valence electrons. The van der Waals surface area contributed by atoms with Crippen LogP contribution in [0.1, 0.15) is 31.4 Å². The Morgan fingerprint density at radius 2 is 2.05 bits per heavy atom. The molecule has 0 aliphatic carbocycles. The summed E-state index contributed by atoms with van der Waals surface area (Å²) in [6.45, 7) is 7.44. The number of benzene rings is 1. The van der Waals surface area contributed by atoms with Gasteiger partial charge in [0.2, 0.25) is 10.0 Å². The number of hydrogen-bond donors (Lipinski definition) is 2. The van der Waals surface area contributed by atoms with Crippen LogP contribution in [0.15, 0.2) is 23.1 Å². The van der Waals surface area contributed by atoms with E-state index in [9.17, 15) is 8.42 Å². The standard InChI is InChI=1S/C15H26N2O2S2/c1-5-8-16-10-14-7-6-12(2)15(9-14)21(18,19)17-13(3)11-20-4/h6-7,9,13,16-17H,5,8,10-11H2,1-4H3. The predicted octanol–water partition coefficient (Wildman–Crippen LogP) is 2.52. The van der Waals surface area contributed by atoms with Gasteiger partial charge in [0.15, 0.2) is 0 Å². The van der Waals surface area contributed by atoms with E-state index >= 15 is 0 Å². The van der Waals surface area contributed by atoms with E-state index in [1.54, 1.807) is 17.8 Å². The van der Waals surface area contributed by atoms with Crippen LogP contribution in [0.5, 0.6) is 0 Å². The van der Waals surface area contributed by atoms with Gasteiger partial charge >= 0.3 is 0 Å². The molecule has 1 unspecified atom stereocenters. The lowest BCUT2D eigenvalue weighted by Crippen LogP contribution is -2.34. The van der Waals surface area contributed by atoms with Crippen molar-refractivity contribution in [3.8, 4) is 0 Å². The highest BCUT2D eigenvalue weighted by Gasteiger charge is 2.19. The molecular formula is C15H26N2O2S2. The number of hydrogen-bond acceptors (Lipinski definition) is 4. The predicted molar refractivity (Wildman–Crippen MR) is 91.3 cm³/mol. The van der Waals surface area contributed by atoms with E-state index in [-0.39, 0.29) is 6.04 Å². The normalized spacial score (nSPS) is 13.3. The zero-order chi connectivity index (χ0) is 15.9. The molecule has 0 heterocycles. The zero-order valence-electron chi connectivity index (χ0n) is 13.3. The van der Waals surface area contributed by atoms with E-state index in [0.29, 0.717) is 11.4 Å². The molecule has 0 amide bonds. The van der Waals surface area contributed by atoms with Crippen LogP contribution < -0.4 is 10.0 Å². The smallest absolute Gasteiger partial charge is 0.241 e. The van der Waals surface area contributed by atoms with Crippen LogP contribution in [0.2, 0.25) is 0 Å². The first-order chi connectivity index (χ1) is 9.90. The molecule has 21 heavy (non-hydrogen) atoms. The van der Waals surface area contributed by atoms with Crippen molar-refractivity contribution < 1.29 is 8.42 Å². The molecule has 0 radical (unpaired) electrons. The summed E-state index contributed by atoms with van der Waals surface area (Å²) >= 11 is 1.63. The van der Waals surface area contributed by atoms with Crippen molar-refractivity contribution in [2.24, 2.45) is 0 Å². The van der Waals surface area contributed by atoms with Gasteiger partial charge in [0.1, 0.15) is 0 Å². The summed E-state index contributed by atoms with van der Waals surface area (Å²) in [7, 11) is -3.46. The Kier molecular flexibility index (Phi) is 7.73. The average Bonchev–Trinajstić information content (AvgIpc) is 2.40. The van der Waals surface area contributed by atoms with E-state index in [2.05, 4.69) is 17.0 Å². The maximum atomic E-state index is 12.5. The third-order valence-corrected chi connectivity index (χ3v) is 5.64. The molecule has 0 aliphatic rings. The van der Waals surface area contributed by atoms with Crippen molar-refractivity contribution in [2.45, 2.75) is 44.7 Å². The zero-order valence-corrected chi connectivity index (χ0v) is 14.9. The Hall–Kier alpha value is -0.560. The van der Waals surface area contributed by atoms with Crippen LogP contribution in [0.25, 0.3) is 0 Å².